The first kappa shape index (κ1) is 14.9. The van der Waals surface area contributed by atoms with E-state index in [0.29, 0.717) is 26.4 Å². The van der Waals surface area contributed by atoms with Crippen LogP contribution in [0.15, 0.2) is 12.3 Å². The Balaban J connectivity index is 2.02. The Kier molecular flexibility index (Phi) is 6.70. The van der Waals surface area contributed by atoms with Crippen molar-refractivity contribution in [2.24, 2.45) is 7.05 Å². The second kappa shape index (κ2) is 8.07. The number of aliphatic hydroxyl groups is 1. The summed E-state index contributed by atoms with van der Waals surface area (Å²) in [7, 11) is 1.85. The van der Waals surface area contributed by atoms with Crippen molar-refractivity contribution < 1.29 is 14.6 Å². The van der Waals surface area contributed by atoms with Crippen LogP contribution in [0.5, 0.6) is 0 Å². The second-order valence-corrected chi connectivity index (χ2v) is 4.40. The van der Waals surface area contributed by atoms with Crippen LogP contribution in [0.3, 0.4) is 0 Å². The largest absolute Gasteiger partial charge is 0.389 e. The van der Waals surface area contributed by atoms with E-state index in [1.807, 2.05) is 33.2 Å². The predicted octanol–water partition coefficient (Wildman–Crippen LogP) is 0.634. The molecule has 2 N–H and O–H groups in total. The van der Waals surface area contributed by atoms with Crippen molar-refractivity contribution in [3.05, 3.63) is 12.3 Å². The molecular weight excluding hydrogens is 234 g/mol. The van der Waals surface area contributed by atoms with E-state index in [2.05, 4.69) is 10.4 Å². The van der Waals surface area contributed by atoms with E-state index >= 15 is 0 Å². The van der Waals surface area contributed by atoms with Gasteiger partial charge in [-0.15, -0.1) is 0 Å². The first-order valence-corrected chi connectivity index (χ1v) is 6.19. The van der Waals surface area contributed by atoms with E-state index in [4.69, 9.17) is 9.47 Å². The third kappa shape index (κ3) is 6.58. The van der Waals surface area contributed by atoms with Crippen LogP contribution in [0.2, 0.25) is 0 Å². The van der Waals surface area contributed by atoms with Crippen LogP contribution in [-0.2, 0) is 16.5 Å². The minimum atomic E-state index is -0.550. The van der Waals surface area contributed by atoms with Crippen molar-refractivity contribution >= 4 is 5.82 Å². The monoisotopic (exact) mass is 257 g/mol. The Bertz CT molecular complexity index is 328. The average Bonchev–Trinajstić information content (AvgIpc) is 2.71. The van der Waals surface area contributed by atoms with Gasteiger partial charge in [-0.2, -0.15) is 5.10 Å². The number of aryl methyl sites for hydroxylation is 1. The summed E-state index contributed by atoms with van der Waals surface area (Å²) in [6.45, 7) is 5.72. The fraction of sp³-hybridized carbons (Fsp3) is 0.750. The van der Waals surface area contributed by atoms with E-state index in [0.717, 1.165) is 5.82 Å². The van der Waals surface area contributed by atoms with Gasteiger partial charge in [0.25, 0.3) is 0 Å². The standard InChI is InChI=1S/C12H23N3O3/c1-10(2)18-7-6-17-9-11(16)8-13-12-4-5-15(3)14-12/h4-5,10-11,16H,6-9H2,1-3H3,(H,13,14). The molecule has 1 unspecified atom stereocenters. The van der Waals surface area contributed by atoms with Gasteiger partial charge >= 0.3 is 0 Å². The maximum absolute atomic E-state index is 9.66. The molecule has 0 saturated heterocycles. The molecule has 0 aliphatic heterocycles. The maximum atomic E-state index is 9.66. The normalized spacial score (nSPS) is 12.9. The summed E-state index contributed by atoms with van der Waals surface area (Å²) in [6, 6.07) is 1.85. The molecule has 0 fully saturated rings. The first-order valence-electron chi connectivity index (χ1n) is 6.19. The smallest absolute Gasteiger partial charge is 0.148 e. The summed E-state index contributed by atoms with van der Waals surface area (Å²) in [5.41, 5.74) is 0. The van der Waals surface area contributed by atoms with E-state index in [9.17, 15) is 5.11 Å². The summed E-state index contributed by atoms with van der Waals surface area (Å²) in [5.74, 6) is 0.750. The highest BCUT2D eigenvalue weighted by Crippen LogP contribution is 2.00. The van der Waals surface area contributed by atoms with Gasteiger partial charge in [0, 0.05) is 25.9 Å². The summed E-state index contributed by atoms with van der Waals surface area (Å²) in [6.07, 6.45) is 1.50. The third-order valence-electron chi connectivity index (χ3n) is 2.22. The zero-order valence-corrected chi connectivity index (χ0v) is 11.3. The van der Waals surface area contributed by atoms with Gasteiger partial charge in [0.15, 0.2) is 0 Å². The number of hydrogen-bond acceptors (Lipinski definition) is 5. The maximum Gasteiger partial charge on any atom is 0.148 e. The zero-order chi connectivity index (χ0) is 13.4. The van der Waals surface area contributed by atoms with E-state index < -0.39 is 6.10 Å². The van der Waals surface area contributed by atoms with Gasteiger partial charge in [-0.05, 0) is 13.8 Å². The Morgan fingerprint density at radius 2 is 2.22 bits per heavy atom. The molecule has 1 heterocycles. The number of aromatic nitrogens is 2. The molecule has 0 radical (unpaired) electrons. The minimum Gasteiger partial charge on any atom is -0.389 e. The van der Waals surface area contributed by atoms with E-state index in [1.165, 1.54) is 0 Å². The summed E-state index contributed by atoms with van der Waals surface area (Å²) in [4.78, 5) is 0. The van der Waals surface area contributed by atoms with Crippen LogP contribution in [0.4, 0.5) is 5.82 Å². The van der Waals surface area contributed by atoms with Crippen LogP contribution in [-0.4, -0.2) is 53.5 Å². The molecule has 18 heavy (non-hydrogen) atoms. The van der Waals surface area contributed by atoms with Gasteiger partial charge in [-0.3, -0.25) is 4.68 Å². The first-order chi connectivity index (χ1) is 8.58. The Labute approximate surface area is 108 Å². The van der Waals surface area contributed by atoms with Crippen molar-refractivity contribution in [2.45, 2.75) is 26.1 Å². The number of hydrogen-bond donors (Lipinski definition) is 2. The van der Waals surface area contributed by atoms with Crippen molar-refractivity contribution in [3.8, 4) is 0 Å². The molecule has 0 aromatic carbocycles. The third-order valence-corrected chi connectivity index (χ3v) is 2.22. The molecule has 0 bridgehead atoms. The molecule has 6 nitrogen and oxygen atoms in total. The van der Waals surface area contributed by atoms with Crippen LogP contribution in [0.25, 0.3) is 0 Å². The molecule has 1 rings (SSSR count). The molecule has 0 saturated carbocycles. The summed E-state index contributed by atoms with van der Waals surface area (Å²) >= 11 is 0. The fourth-order valence-corrected chi connectivity index (χ4v) is 1.35. The van der Waals surface area contributed by atoms with Crippen molar-refractivity contribution in [1.29, 1.82) is 0 Å². The lowest BCUT2D eigenvalue weighted by atomic mass is 10.4. The van der Waals surface area contributed by atoms with Crippen LogP contribution >= 0.6 is 0 Å². The van der Waals surface area contributed by atoms with Crippen molar-refractivity contribution in [3.63, 3.8) is 0 Å². The van der Waals surface area contributed by atoms with Gasteiger partial charge in [0.1, 0.15) is 5.82 Å². The van der Waals surface area contributed by atoms with E-state index in [1.54, 1.807) is 4.68 Å². The average molecular weight is 257 g/mol. The highest BCUT2D eigenvalue weighted by molar-refractivity contribution is 5.31. The number of nitrogens with one attached hydrogen (secondary N) is 1. The molecule has 104 valence electrons. The molecular formula is C12H23N3O3. The van der Waals surface area contributed by atoms with Crippen LogP contribution in [0.1, 0.15) is 13.8 Å². The predicted molar refractivity (Wildman–Crippen MR) is 69.6 cm³/mol. The Morgan fingerprint density at radius 1 is 1.44 bits per heavy atom. The number of rotatable bonds is 9. The zero-order valence-electron chi connectivity index (χ0n) is 11.3. The molecule has 0 spiro atoms. The fourth-order valence-electron chi connectivity index (χ4n) is 1.35. The molecule has 0 aliphatic rings. The highest BCUT2D eigenvalue weighted by atomic mass is 16.5. The number of anilines is 1. The van der Waals surface area contributed by atoms with Crippen molar-refractivity contribution in [1.82, 2.24) is 9.78 Å². The van der Waals surface area contributed by atoms with Crippen molar-refractivity contribution in [2.75, 3.05) is 31.7 Å². The lowest BCUT2D eigenvalue weighted by Gasteiger charge is -2.12. The van der Waals surface area contributed by atoms with Gasteiger partial charge in [-0.25, -0.2) is 0 Å². The molecule has 6 heteroatoms. The van der Waals surface area contributed by atoms with Gasteiger partial charge in [0.2, 0.25) is 0 Å². The number of nitrogens with zero attached hydrogens (tertiary/aromatic N) is 2. The van der Waals surface area contributed by atoms with Gasteiger partial charge < -0.3 is 19.9 Å². The molecule has 1 aromatic rings. The quantitative estimate of drug-likeness (QED) is 0.635. The number of ether oxygens (including phenoxy) is 2. The second-order valence-electron chi connectivity index (χ2n) is 4.40. The minimum absolute atomic E-state index is 0.212. The molecule has 0 amide bonds. The summed E-state index contributed by atoms with van der Waals surface area (Å²) in [5, 5.41) is 16.8. The van der Waals surface area contributed by atoms with Gasteiger partial charge in [0.05, 0.1) is 32.0 Å². The number of aliphatic hydroxyl groups excluding tert-OH is 1. The lowest BCUT2D eigenvalue weighted by Crippen LogP contribution is -2.26. The van der Waals surface area contributed by atoms with Crippen LogP contribution in [0, 0.1) is 0 Å². The Hall–Kier alpha value is -1.11. The summed E-state index contributed by atoms with van der Waals surface area (Å²) < 4.78 is 12.3. The van der Waals surface area contributed by atoms with Gasteiger partial charge in [-0.1, -0.05) is 0 Å². The molecule has 1 aromatic heterocycles. The topological polar surface area (TPSA) is 68.5 Å². The lowest BCUT2D eigenvalue weighted by molar-refractivity contribution is -0.00735. The highest BCUT2D eigenvalue weighted by Gasteiger charge is 2.05. The SMILES string of the molecule is CC(C)OCCOCC(O)CNc1ccn(C)n1. The molecule has 1 atom stereocenters. The van der Waals surface area contributed by atoms with E-state index in [-0.39, 0.29) is 6.10 Å². The molecule has 0 aliphatic carbocycles. The Morgan fingerprint density at radius 3 is 2.83 bits per heavy atom. The van der Waals surface area contributed by atoms with Crippen LogP contribution < -0.4 is 5.32 Å².